The van der Waals surface area contributed by atoms with Gasteiger partial charge in [-0.05, 0) is 51.3 Å². The number of hydrogen-bond acceptors (Lipinski definition) is 2. The number of hydrogen-bond donors (Lipinski definition) is 1. The van der Waals surface area contributed by atoms with Crippen molar-refractivity contribution in [2.75, 3.05) is 7.11 Å². The van der Waals surface area contributed by atoms with Gasteiger partial charge in [0.25, 0.3) is 0 Å². The van der Waals surface area contributed by atoms with Gasteiger partial charge in [-0.15, -0.1) is 0 Å². The Balaban J connectivity index is 3.32. The summed E-state index contributed by atoms with van der Waals surface area (Å²) < 4.78 is 6.58. The SMILES string of the molecule is COc1c(C)c(Br)cc(C)c1CC(C)(C)N. The third kappa shape index (κ3) is 2.98. The molecular formula is C13H20BrNO. The monoisotopic (exact) mass is 285 g/mol. The summed E-state index contributed by atoms with van der Waals surface area (Å²) >= 11 is 3.54. The van der Waals surface area contributed by atoms with Crippen molar-refractivity contribution in [3.05, 3.63) is 27.2 Å². The van der Waals surface area contributed by atoms with E-state index in [1.54, 1.807) is 7.11 Å². The zero-order valence-electron chi connectivity index (χ0n) is 10.6. The lowest BCUT2D eigenvalue weighted by Gasteiger charge is -2.23. The van der Waals surface area contributed by atoms with Crippen molar-refractivity contribution in [3.63, 3.8) is 0 Å². The van der Waals surface area contributed by atoms with Crippen molar-refractivity contribution in [1.29, 1.82) is 0 Å². The van der Waals surface area contributed by atoms with E-state index in [1.807, 2.05) is 13.8 Å². The van der Waals surface area contributed by atoms with Crippen LogP contribution in [0.3, 0.4) is 0 Å². The molecule has 0 atom stereocenters. The zero-order valence-corrected chi connectivity index (χ0v) is 12.2. The lowest BCUT2D eigenvalue weighted by atomic mass is 9.91. The van der Waals surface area contributed by atoms with E-state index in [0.717, 1.165) is 22.2 Å². The van der Waals surface area contributed by atoms with Gasteiger partial charge >= 0.3 is 0 Å². The van der Waals surface area contributed by atoms with E-state index in [4.69, 9.17) is 10.5 Å². The molecule has 0 aliphatic heterocycles. The fourth-order valence-corrected chi connectivity index (χ4v) is 2.37. The molecule has 0 spiro atoms. The third-order valence-corrected chi connectivity index (χ3v) is 3.45. The summed E-state index contributed by atoms with van der Waals surface area (Å²) in [6.07, 6.45) is 0.816. The average molecular weight is 286 g/mol. The molecule has 0 amide bonds. The second-order valence-electron chi connectivity index (χ2n) is 4.98. The van der Waals surface area contributed by atoms with Crippen LogP contribution in [0.25, 0.3) is 0 Å². The molecule has 3 heteroatoms. The molecule has 2 N–H and O–H groups in total. The standard InChI is InChI=1S/C13H20BrNO/c1-8-6-11(14)9(2)12(16-5)10(8)7-13(3,4)15/h6H,7,15H2,1-5H3. The predicted octanol–water partition coefficient (Wildman–Crippen LogP) is 3.35. The smallest absolute Gasteiger partial charge is 0.126 e. The Kier molecular flexibility index (Phi) is 4.02. The molecule has 0 aliphatic rings. The number of methoxy groups -OCH3 is 1. The highest BCUT2D eigenvalue weighted by Gasteiger charge is 2.19. The molecule has 0 bridgehead atoms. The number of rotatable bonds is 3. The Labute approximate surface area is 106 Å². The fraction of sp³-hybridized carbons (Fsp3) is 0.538. The Morgan fingerprint density at radius 3 is 2.38 bits per heavy atom. The zero-order chi connectivity index (χ0) is 12.5. The number of nitrogens with two attached hydrogens (primary N) is 1. The molecule has 2 nitrogen and oxygen atoms in total. The van der Waals surface area contributed by atoms with Crippen molar-refractivity contribution in [2.45, 2.75) is 39.7 Å². The summed E-state index contributed by atoms with van der Waals surface area (Å²) in [6, 6.07) is 2.12. The van der Waals surface area contributed by atoms with Crippen molar-refractivity contribution in [2.24, 2.45) is 5.73 Å². The summed E-state index contributed by atoms with van der Waals surface area (Å²) in [5, 5.41) is 0. The van der Waals surface area contributed by atoms with E-state index in [-0.39, 0.29) is 5.54 Å². The van der Waals surface area contributed by atoms with E-state index in [2.05, 4.69) is 35.8 Å². The number of aryl methyl sites for hydroxylation is 1. The van der Waals surface area contributed by atoms with Gasteiger partial charge in [-0.3, -0.25) is 0 Å². The van der Waals surface area contributed by atoms with E-state index >= 15 is 0 Å². The summed E-state index contributed by atoms with van der Waals surface area (Å²) in [7, 11) is 1.71. The molecule has 0 heterocycles. The highest BCUT2D eigenvalue weighted by Crippen LogP contribution is 2.34. The topological polar surface area (TPSA) is 35.2 Å². The lowest BCUT2D eigenvalue weighted by molar-refractivity contribution is 0.398. The Morgan fingerprint density at radius 2 is 1.94 bits per heavy atom. The van der Waals surface area contributed by atoms with E-state index in [1.165, 1.54) is 11.1 Å². The number of halogens is 1. The molecule has 90 valence electrons. The Bertz CT molecular complexity index is 394. The first-order valence-electron chi connectivity index (χ1n) is 5.37. The van der Waals surface area contributed by atoms with Gasteiger partial charge in [-0.2, -0.15) is 0 Å². The van der Waals surface area contributed by atoms with E-state index in [9.17, 15) is 0 Å². The minimum atomic E-state index is -0.224. The normalized spacial score (nSPS) is 11.7. The second kappa shape index (κ2) is 4.76. The molecule has 0 aliphatic carbocycles. The molecule has 16 heavy (non-hydrogen) atoms. The maximum atomic E-state index is 6.08. The second-order valence-corrected chi connectivity index (χ2v) is 5.83. The average Bonchev–Trinajstić information content (AvgIpc) is 2.13. The molecular weight excluding hydrogens is 266 g/mol. The summed E-state index contributed by atoms with van der Waals surface area (Å²) in [4.78, 5) is 0. The van der Waals surface area contributed by atoms with Gasteiger partial charge in [0, 0.05) is 15.6 Å². The maximum absolute atomic E-state index is 6.08. The van der Waals surface area contributed by atoms with Gasteiger partial charge in [0.05, 0.1) is 7.11 Å². The first-order valence-corrected chi connectivity index (χ1v) is 6.17. The van der Waals surface area contributed by atoms with E-state index < -0.39 is 0 Å². The van der Waals surface area contributed by atoms with E-state index in [0.29, 0.717) is 0 Å². The van der Waals surface area contributed by atoms with Crippen LogP contribution < -0.4 is 10.5 Å². The van der Waals surface area contributed by atoms with Crippen molar-refractivity contribution in [1.82, 2.24) is 0 Å². The van der Waals surface area contributed by atoms with Gasteiger partial charge < -0.3 is 10.5 Å². The molecule has 0 unspecified atom stereocenters. The minimum absolute atomic E-state index is 0.224. The van der Waals surface area contributed by atoms with Crippen LogP contribution in [0.2, 0.25) is 0 Å². The van der Waals surface area contributed by atoms with Gasteiger partial charge in [0.1, 0.15) is 5.75 Å². The van der Waals surface area contributed by atoms with Gasteiger partial charge in [0.15, 0.2) is 0 Å². The largest absolute Gasteiger partial charge is 0.496 e. The summed E-state index contributed by atoms with van der Waals surface area (Å²) in [6.45, 7) is 8.20. The van der Waals surface area contributed by atoms with Gasteiger partial charge in [-0.1, -0.05) is 15.9 Å². The van der Waals surface area contributed by atoms with Crippen molar-refractivity contribution in [3.8, 4) is 5.75 Å². The molecule has 0 aromatic heterocycles. The molecule has 0 radical (unpaired) electrons. The van der Waals surface area contributed by atoms with Crippen LogP contribution in [-0.2, 0) is 6.42 Å². The first-order chi connectivity index (χ1) is 7.26. The quantitative estimate of drug-likeness (QED) is 0.924. The summed E-state index contributed by atoms with van der Waals surface area (Å²) in [5.74, 6) is 0.949. The number of ether oxygens (including phenoxy) is 1. The van der Waals surface area contributed by atoms with Crippen LogP contribution in [0.15, 0.2) is 10.5 Å². The maximum Gasteiger partial charge on any atom is 0.126 e. The Hall–Kier alpha value is -0.540. The number of benzene rings is 1. The van der Waals surface area contributed by atoms with Crippen molar-refractivity contribution < 1.29 is 4.74 Å². The molecule has 1 rings (SSSR count). The van der Waals surface area contributed by atoms with Crippen LogP contribution in [0.1, 0.15) is 30.5 Å². The lowest BCUT2D eigenvalue weighted by Crippen LogP contribution is -2.34. The van der Waals surface area contributed by atoms with Gasteiger partial charge in [0.2, 0.25) is 0 Å². The Morgan fingerprint density at radius 1 is 1.38 bits per heavy atom. The third-order valence-electron chi connectivity index (χ3n) is 2.63. The van der Waals surface area contributed by atoms with Crippen molar-refractivity contribution >= 4 is 15.9 Å². The molecule has 1 aromatic rings. The molecule has 0 saturated carbocycles. The van der Waals surface area contributed by atoms with Crippen LogP contribution in [0.5, 0.6) is 5.75 Å². The van der Waals surface area contributed by atoms with Crippen LogP contribution in [0, 0.1) is 13.8 Å². The van der Waals surface area contributed by atoms with Crippen LogP contribution in [-0.4, -0.2) is 12.6 Å². The minimum Gasteiger partial charge on any atom is -0.496 e. The molecule has 0 fully saturated rings. The highest BCUT2D eigenvalue weighted by atomic mass is 79.9. The van der Waals surface area contributed by atoms with Crippen LogP contribution in [0.4, 0.5) is 0 Å². The van der Waals surface area contributed by atoms with Gasteiger partial charge in [-0.25, -0.2) is 0 Å². The van der Waals surface area contributed by atoms with Crippen LogP contribution >= 0.6 is 15.9 Å². The first kappa shape index (κ1) is 13.5. The highest BCUT2D eigenvalue weighted by molar-refractivity contribution is 9.10. The molecule has 0 saturated heterocycles. The fourth-order valence-electron chi connectivity index (χ4n) is 1.85. The molecule has 1 aromatic carbocycles. The summed E-state index contributed by atoms with van der Waals surface area (Å²) in [5.41, 5.74) is 9.41. The predicted molar refractivity (Wildman–Crippen MR) is 72.1 cm³/mol.